The molecule has 2 nitrogen and oxygen atoms in total. The average molecular weight is 237 g/mol. The van der Waals surface area contributed by atoms with Crippen LogP contribution in [0.3, 0.4) is 0 Å². The molecular weight excluding hydrogens is 210 g/mol. The van der Waals surface area contributed by atoms with Crippen molar-refractivity contribution in [2.24, 2.45) is 11.8 Å². The summed E-state index contributed by atoms with van der Waals surface area (Å²) in [5, 5.41) is 3.69. The van der Waals surface area contributed by atoms with E-state index >= 15 is 0 Å². The lowest BCUT2D eigenvalue weighted by Crippen LogP contribution is -2.33. The third-order valence-corrected chi connectivity index (χ3v) is 2.97. The monoisotopic (exact) mass is 237 g/mol. The molecule has 0 aliphatic heterocycles. The van der Waals surface area contributed by atoms with Crippen LogP contribution >= 0.6 is 0 Å². The molecule has 0 unspecified atom stereocenters. The Morgan fingerprint density at radius 2 is 1.65 bits per heavy atom. The molecule has 0 radical (unpaired) electrons. The highest BCUT2D eigenvalue weighted by atomic mass is 16.3. The summed E-state index contributed by atoms with van der Waals surface area (Å²) in [6.45, 7) is 11.3. The topological polar surface area (TPSA) is 25.2 Å². The van der Waals surface area contributed by atoms with Crippen molar-refractivity contribution in [2.45, 2.75) is 59.5 Å². The zero-order valence-electron chi connectivity index (χ0n) is 11.9. The van der Waals surface area contributed by atoms with Gasteiger partial charge in [0.1, 0.15) is 5.76 Å². The van der Waals surface area contributed by atoms with Crippen LogP contribution in [0, 0.1) is 11.8 Å². The molecule has 1 aromatic rings. The molecule has 0 bridgehead atoms. The fraction of sp³-hybridized carbons (Fsp3) is 0.733. The molecule has 1 atom stereocenters. The number of hydrogen-bond donors (Lipinski definition) is 1. The van der Waals surface area contributed by atoms with E-state index in [2.05, 4.69) is 39.9 Å². The van der Waals surface area contributed by atoms with Crippen LogP contribution in [0.15, 0.2) is 22.8 Å². The van der Waals surface area contributed by atoms with E-state index in [0.717, 1.165) is 17.6 Å². The highest BCUT2D eigenvalue weighted by Gasteiger charge is 2.17. The molecule has 0 saturated heterocycles. The maximum atomic E-state index is 5.44. The second-order valence-electron chi connectivity index (χ2n) is 5.86. The molecule has 0 saturated carbocycles. The predicted molar refractivity (Wildman–Crippen MR) is 73.0 cm³/mol. The van der Waals surface area contributed by atoms with Crippen LogP contribution in [0.5, 0.6) is 0 Å². The molecule has 98 valence electrons. The average Bonchev–Trinajstić information content (AvgIpc) is 2.67. The SMILES string of the molecule is CC(C)CC(CC(C)C)N[C@H](C)c1ccco1. The smallest absolute Gasteiger partial charge is 0.120 e. The fourth-order valence-electron chi connectivity index (χ4n) is 2.34. The standard InChI is InChI=1S/C15H27NO/c1-11(2)9-14(10-12(3)4)16-13(5)15-7-6-8-17-15/h6-8,11-14,16H,9-10H2,1-5H3/t13-/m1/s1. The van der Waals surface area contributed by atoms with E-state index in [-0.39, 0.29) is 0 Å². The lowest BCUT2D eigenvalue weighted by atomic mass is 9.95. The lowest BCUT2D eigenvalue weighted by Gasteiger charge is -2.25. The van der Waals surface area contributed by atoms with E-state index in [1.165, 1.54) is 12.8 Å². The molecule has 0 aliphatic rings. The van der Waals surface area contributed by atoms with Gasteiger partial charge in [-0.3, -0.25) is 0 Å². The second kappa shape index (κ2) is 6.85. The van der Waals surface area contributed by atoms with Gasteiger partial charge in [-0.05, 0) is 43.7 Å². The first-order chi connectivity index (χ1) is 7.99. The Bertz CT molecular complexity index is 280. The van der Waals surface area contributed by atoms with E-state index in [1.807, 2.05) is 12.1 Å². The summed E-state index contributed by atoms with van der Waals surface area (Å²) in [6.07, 6.45) is 4.19. The summed E-state index contributed by atoms with van der Waals surface area (Å²) in [5.41, 5.74) is 0. The minimum atomic E-state index is 0.299. The normalized spacial score (nSPS) is 13.9. The number of hydrogen-bond acceptors (Lipinski definition) is 2. The maximum absolute atomic E-state index is 5.44. The summed E-state index contributed by atoms with van der Waals surface area (Å²) in [5.74, 6) is 2.49. The Morgan fingerprint density at radius 1 is 1.06 bits per heavy atom. The number of nitrogens with one attached hydrogen (secondary N) is 1. The largest absolute Gasteiger partial charge is 0.468 e. The van der Waals surface area contributed by atoms with Gasteiger partial charge in [0.25, 0.3) is 0 Å². The van der Waals surface area contributed by atoms with E-state index in [9.17, 15) is 0 Å². The molecule has 17 heavy (non-hydrogen) atoms. The van der Waals surface area contributed by atoms with Gasteiger partial charge in [-0.15, -0.1) is 0 Å². The van der Waals surface area contributed by atoms with Crippen LogP contribution in [0.1, 0.15) is 59.3 Å². The molecule has 1 N–H and O–H groups in total. The van der Waals surface area contributed by atoms with Crippen molar-refractivity contribution in [3.8, 4) is 0 Å². The van der Waals surface area contributed by atoms with E-state index in [1.54, 1.807) is 6.26 Å². The molecule has 0 spiro atoms. The molecule has 0 amide bonds. The molecule has 1 heterocycles. The van der Waals surface area contributed by atoms with Crippen molar-refractivity contribution >= 4 is 0 Å². The highest BCUT2D eigenvalue weighted by molar-refractivity contribution is 5.03. The number of rotatable bonds is 7. The first kappa shape index (κ1) is 14.3. The minimum absolute atomic E-state index is 0.299. The Morgan fingerprint density at radius 3 is 2.06 bits per heavy atom. The van der Waals surface area contributed by atoms with Crippen molar-refractivity contribution in [3.63, 3.8) is 0 Å². The molecule has 1 aromatic heterocycles. The van der Waals surface area contributed by atoms with Gasteiger partial charge in [0, 0.05) is 6.04 Å². The van der Waals surface area contributed by atoms with Crippen molar-refractivity contribution in [1.82, 2.24) is 5.32 Å². The Labute approximate surface area is 106 Å². The number of furan rings is 1. The highest BCUT2D eigenvalue weighted by Crippen LogP contribution is 2.19. The van der Waals surface area contributed by atoms with Crippen LogP contribution in [-0.2, 0) is 0 Å². The summed E-state index contributed by atoms with van der Waals surface area (Å²) in [4.78, 5) is 0. The molecular formula is C15H27NO. The lowest BCUT2D eigenvalue weighted by molar-refractivity contribution is 0.314. The quantitative estimate of drug-likeness (QED) is 0.760. The van der Waals surface area contributed by atoms with E-state index in [4.69, 9.17) is 4.42 Å². The van der Waals surface area contributed by atoms with Gasteiger partial charge in [-0.1, -0.05) is 27.7 Å². The zero-order valence-corrected chi connectivity index (χ0v) is 11.9. The predicted octanol–water partition coefficient (Wildman–Crippen LogP) is 4.39. The van der Waals surface area contributed by atoms with Gasteiger partial charge >= 0.3 is 0 Å². The Kier molecular flexibility index (Phi) is 5.76. The van der Waals surface area contributed by atoms with E-state index in [0.29, 0.717) is 12.1 Å². The van der Waals surface area contributed by atoms with Crippen molar-refractivity contribution in [1.29, 1.82) is 0 Å². The molecule has 1 rings (SSSR count). The minimum Gasteiger partial charge on any atom is -0.468 e. The zero-order chi connectivity index (χ0) is 12.8. The summed E-state index contributed by atoms with van der Waals surface area (Å²) < 4.78 is 5.44. The second-order valence-corrected chi connectivity index (χ2v) is 5.86. The third kappa shape index (κ3) is 5.40. The third-order valence-electron chi connectivity index (χ3n) is 2.97. The Balaban J connectivity index is 2.52. The van der Waals surface area contributed by atoms with Gasteiger partial charge in [0.15, 0.2) is 0 Å². The van der Waals surface area contributed by atoms with Gasteiger partial charge in [0.05, 0.1) is 12.3 Å². The maximum Gasteiger partial charge on any atom is 0.120 e. The van der Waals surface area contributed by atoms with Gasteiger partial charge < -0.3 is 9.73 Å². The fourth-order valence-corrected chi connectivity index (χ4v) is 2.34. The van der Waals surface area contributed by atoms with Crippen molar-refractivity contribution in [2.75, 3.05) is 0 Å². The summed E-state index contributed by atoms with van der Waals surface area (Å²) >= 11 is 0. The molecule has 0 aromatic carbocycles. The van der Waals surface area contributed by atoms with Crippen molar-refractivity contribution in [3.05, 3.63) is 24.2 Å². The summed E-state index contributed by atoms with van der Waals surface area (Å²) in [6, 6.07) is 4.87. The summed E-state index contributed by atoms with van der Waals surface area (Å²) in [7, 11) is 0. The Hall–Kier alpha value is -0.760. The van der Waals surface area contributed by atoms with Crippen LogP contribution in [0.25, 0.3) is 0 Å². The first-order valence-corrected chi connectivity index (χ1v) is 6.78. The van der Waals surface area contributed by atoms with Crippen LogP contribution < -0.4 is 5.32 Å². The van der Waals surface area contributed by atoms with Gasteiger partial charge in [-0.2, -0.15) is 0 Å². The first-order valence-electron chi connectivity index (χ1n) is 6.78. The van der Waals surface area contributed by atoms with Crippen LogP contribution in [0.4, 0.5) is 0 Å². The van der Waals surface area contributed by atoms with Crippen molar-refractivity contribution < 1.29 is 4.42 Å². The molecule has 0 fully saturated rings. The van der Waals surface area contributed by atoms with Gasteiger partial charge in [-0.25, -0.2) is 0 Å². The van der Waals surface area contributed by atoms with E-state index < -0.39 is 0 Å². The van der Waals surface area contributed by atoms with Crippen LogP contribution in [-0.4, -0.2) is 6.04 Å². The molecule has 0 aliphatic carbocycles. The van der Waals surface area contributed by atoms with Gasteiger partial charge in [0.2, 0.25) is 0 Å². The van der Waals surface area contributed by atoms with Crippen LogP contribution in [0.2, 0.25) is 0 Å². The molecule has 2 heteroatoms.